The summed E-state index contributed by atoms with van der Waals surface area (Å²) >= 11 is 0. The van der Waals surface area contributed by atoms with Crippen molar-refractivity contribution in [2.45, 2.75) is 46.5 Å². The van der Waals surface area contributed by atoms with Crippen molar-refractivity contribution in [2.75, 3.05) is 26.7 Å². The maximum absolute atomic E-state index is 12.8. The van der Waals surface area contributed by atoms with E-state index in [2.05, 4.69) is 49.9 Å². The Hall–Kier alpha value is -2.48. The van der Waals surface area contributed by atoms with Gasteiger partial charge in [0.2, 0.25) is 0 Å². The Morgan fingerprint density at radius 2 is 1.88 bits per heavy atom. The molecule has 7 nitrogen and oxygen atoms in total. The van der Waals surface area contributed by atoms with Crippen LogP contribution < -0.4 is 5.69 Å². The van der Waals surface area contributed by atoms with E-state index in [-0.39, 0.29) is 17.3 Å². The molecule has 0 spiro atoms. The molecule has 1 N–H and O–H groups in total. The van der Waals surface area contributed by atoms with Gasteiger partial charge in [0.15, 0.2) is 5.65 Å². The highest BCUT2D eigenvalue weighted by molar-refractivity contribution is 5.76. The third kappa shape index (κ3) is 4.80. The van der Waals surface area contributed by atoms with Gasteiger partial charge >= 0.3 is 5.69 Å². The second-order valence-electron chi connectivity index (χ2n) is 10.3. The molecule has 0 radical (unpaired) electrons. The van der Waals surface area contributed by atoms with E-state index in [1.807, 2.05) is 28.6 Å². The molecular weight excluding hydrogens is 402 g/mol. The molecule has 1 fully saturated rings. The molecule has 2 aromatic heterocycles. The topological polar surface area (TPSA) is 66.5 Å². The van der Waals surface area contributed by atoms with Gasteiger partial charge in [-0.05, 0) is 42.6 Å². The minimum atomic E-state index is -0.362. The summed E-state index contributed by atoms with van der Waals surface area (Å²) in [7, 11) is 3.76. The molecule has 1 unspecified atom stereocenters. The Balaban J connectivity index is 1.61. The van der Waals surface area contributed by atoms with E-state index in [1.54, 1.807) is 11.6 Å². The van der Waals surface area contributed by atoms with Crippen LogP contribution in [0.5, 0.6) is 0 Å². The third-order valence-electron chi connectivity index (χ3n) is 6.22. The molecule has 3 heterocycles. The highest BCUT2D eigenvalue weighted by atomic mass is 16.3. The lowest BCUT2D eigenvalue weighted by Gasteiger charge is -2.20. The summed E-state index contributed by atoms with van der Waals surface area (Å²) in [5.41, 5.74) is 4.71. The highest BCUT2D eigenvalue weighted by Crippen LogP contribution is 2.24. The van der Waals surface area contributed by atoms with Gasteiger partial charge in [-0.15, -0.1) is 0 Å². The summed E-state index contributed by atoms with van der Waals surface area (Å²) in [6.07, 6.45) is 0.396. The molecule has 0 saturated carbocycles. The molecule has 172 valence electrons. The number of pyridine rings is 1. The minimum Gasteiger partial charge on any atom is -0.378 e. The van der Waals surface area contributed by atoms with E-state index in [0.717, 1.165) is 49.4 Å². The summed E-state index contributed by atoms with van der Waals surface area (Å²) in [5.74, 6) is 0. The fourth-order valence-electron chi connectivity index (χ4n) is 4.38. The Morgan fingerprint density at radius 3 is 2.62 bits per heavy atom. The molecule has 1 aliphatic rings. The number of hydrogen-bond donors (Lipinski definition) is 1. The minimum absolute atomic E-state index is 0.00327. The molecular formula is C25H35N5O2. The Kier molecular flexibility index (Phi) is 6.25. The molecule has 4 rings (SSSR count). The van der Waals surface area contributed by atoms with Gasteiger partial charge in [-0.2, -0.15) is 0 Å². The van der Waals surface area contributed by atoms with Crippen LogP contribution in [0.15, 0.2) is 41.2 Å². The van der Waals surface area contributed by atoms with E-state index >= 15 is 0 Å². The highest BCUT2D eigenvalue weighted by Gasteiger charge is 2.20. The number of aryl methyl sites for hydroxylation is 1. The average Bonchev–Trinajstić information content (AvgIpc) is 2.87. The van der Waals surface area contributed by atoms with E-state index in [9.17, 15) is 9.90 Å². The first-order chi connectivity index (χ1) is 15.1. The third-order valence-corrected chi connectivity index (χ3v) is 6.22. The number of hydrogen-bond acceptors (Lipinski definition) is 5. The van der Waals surface area contributed by atoms with Gasteiger partial charge in [0, 0.05) is 45.3 Å². The Labute approximate surface area is 189 Å². The summed E-state index contributed by atoms with van der Waals surface area (Å²) < 4.78 is 3.47. The zero-order valence-electron chi connectivity index (χ0n) is 19.9. The maximum atomic E-state index is 12.8. The molecule has 32 heavy (non-hydrogen) atoms. The molecule has 0 amide bonds. The van der Waals surface area contributed by atoms with E-state index in [0.29, 0.717) is 12.2 Å². The van der Waals surface area contributed by atoms with Crippen LogP contribution in [-0.2, 0) is 20.1 Å². The van der Waals surface area contributed by atoms with Gasteiger partial charge in [-0.25, -0.2) is 9.78 Å². The normalized spacial score (nSPS) is 18.9. The van der Waals surface area contributed by atoms with E-state index in [4.69, 9.17) is 4.98 Å². The van der Waals surface area contributed by atoms with Crippen molar-refractivity contribution in [3.05, 3.63) is 52.4 Å². The lowest BCUT2D eigenvalue weighted by Crippen LogP contribution is -2.32. The van der Waals surface area contributed by atoms with Crippen LogP contribution in [0, 0.1) is 5.41 Å². The first-order valence-electron chi connectivity index (χ1n) is 11.4. The van der Waals surface area contributed by atoms with Gasteiger partial charge in [0.1, 0.15) is 6.23 Å². The number of likely N-dealkylation sites (N-methyl/N-ethyl adjacent to an activating group) is 1. The number of aromatic nitrogens is 3. The number of aliphatic hydroxyl groups excluding tert-OH is 1. The summed E-state index contributed by atoms with van der Waals surface area (Å²) in [6, 6.07) is 12.5. The second-order valence-corrected chi connectivity index (χ2v) is 10.3. The van der Waals surface area contributed by atoms with Crippen LogP contribution >= 0.6 is 0 Å². The van der Waals surface area contributed by atoms with Crippen LogP contribution in [0.25, 0.3) is 22.4 Å². The van der Waals surface area contributed by atoms with Crippen molar-refractivity contribution in [3.8, 4) is 11.3 Å². The van der Waals surface area contributed by atoms with Crippen LogP contribution in [0.2, 0.25) is 0 Å². The fraction of sp³-hybridized carbons (Fsp3) is 0.520. The Bertz CT molecular complexity index is 1150. The number of nitrogens with zero attached hydrogens (tertiary/aromatic N) is 5. The Morgan fingerprint density at radius 1 is 1.09 bits per heavy atom. The van der Waals surface area contributed by atoms with E-state index < -0.39 is 0 Å². The zero-order valence-corrected chi connectivity index (χ0v) is 19.9. The van der Waals surface area contributed by atoms with E-state index in [1.165, 1.54) is 5.56 Å². The SMILES string of the molecule is CN1CCN(Cc2cccc(-c3ccc4c(n3)n(C)c(=O)n4CC(C)(C)C)c2)CCC1O. The largest absolute Gasteiger partial charge is 0.378 e. The van der Waals surface area contributed by atoms with Crippen LogP contribution in [-0.4, -0.2) is 61.9 Å². The predicted molar refractivity (Wildman–Crippen MR) is 128 cm³/mol. The first-order valence-corrected chi connectivity index (χ1v) is 11.4. The van der Waals surface area contributed by atoms with Crippen molar-refractivity contribution in [1.29, 1.82) is 0 Å². The van der Waals surface area contributed by atoms with Gasteiger partial charge in [0.25, 0.3) is 0 Å². The summed E-state index contributed by atoms with van der Waals surface area (Å²) in [4.78, 5) is 22.1. The van der Waals surface area contributed by atoms with Crippen LogP contribution in [0.1, 0.15) is 32.8 Å². The van der Waals surface area contributed by atoms with Crippen molar-refractivity contribution in [2.24, 2.45) is 12.5 Å². The van der Waals surface area contributed by atoms with Gasteiger partial charge in [-0.3, -0.25) is 18.9 Å². The average molecular weight is 438 g/mol. The van der Waals surface area contributed by atoms with Crippen LogP contribution in [0.3, 0.4) is 0 Å². The zero-order chi connectivity index (χ0) is 23.0. The number of benzene rings is 1. The molecule has 0 aliphatic carbocycles. The molecule has 3 aromatic rings. The second kappa shape index (κ2) is 8.81. The molecule has 1 aliphatic heterocycles. The number of fused-ring (bicyclic) bond motifs is 1. The van der Waals surface area contributed by atoms with Crippen LogP contribution in [0.4, 0.5) is 0 Å². The molecule has 1 atom stereocenters. The van der Waals surface area contributed by atoms with Gasteiger partial charge < -0.3 is 5.11 Å². The number of aliphatic hydroxyl groups is 1. The molecule has 0 bridgehead atoms. The monoisotopic (exact) mass is 437 g/mol. The smallest absolute Gasteiger partial charge is 0.330 e. The van der Waals surface area contributed by atoms with Gasteiger partial charge in [0.05, 0.1) is 11.2 Å². The van der Waals surface area contributed by atoms with Crippen molar-refractivity contribution >= 4 is 11.2 Å². The van der Waals surface area contributed by atoms with Crippen molar-refractivity contribution in [3.63, 3.8) is 0 Å². The van der Waals surface area contributed by atoms with Gasteiger partial charge in [-0.1, -0.05) is 39.0 Å². The molecule has 7 heteroatoms. The fourth-order valence-corrected chi connectivity index (χ4v) is 4.38. The quantitative estimate of drug-likeness (QED) is 0.680. The molecule has 1 aromatic carbocycles. The maximum Gasteiger partial charge on any atom is 0.330 e. The summed E-state index contributed by atoms with van der Waals surface area (Å²) in [5, 5.41) is 10.1. The number of imidazole rings is 1. The lowest BCUT2D eigenvalue weighted by atomic mass is 9.97. The summed E-state index contributed by atoms with van der Waals surface area (Å²) in [6.45, 7) is 10.6. The first kappa shape index (κ1) is 22.7. The standard InChI is InChI=1S/C25H35N5O2/c1-25(2,3)17-30-21-10-9-20(26-23(21)28(5)24(30)32)19-8-6-7-18(15-19)16-29-12-11-22(31)27(4)13-14-29/h6-10,15,22,31H,11-14,16-17H2,1-5H3. The lowest BCUT2D eigenvalue weighted by molar-refractivity contribution is 0.0267. The predicted octanol–water partition coefficient (Wildman–Crippen LogP) is 2.90. The molecule has 1 saturated heterocycles. The van der Waals surface area contributed by atoms with Crippen molar-refractivity contribution in [1.82, 2.24) is 23.9 Å². The number of rotatable bonds is 4. The van der Waals surface area contributed by atoms with Crippen molar-refractivity contribution < 1.29 is 5.11 Å².